The number of fused-ring (bicyclic) bond motifs is 1. The largest absolute Gasteiger partial charge is 0.497 e. The van der Waals surface area contributed by atoms with Crippen LogP contribution in [-0.2, 0) is 10.2 Å². The molecule has 7 heteroatoms. The molecule has 2 aliphatic rings. The van der Waals surface area contributed by atoms with Gasteiger partial charge in [0.25, 0.3) is 5.91 Å². The summed E-state index contributed by atoms with van der Waals surface area (Å²) in [7, 11) is 1.55. The molecule has 1 saturated heterocycles. The van der Waals surface area contributed by atoms with Gasteiger partial charge in [-0.2, -0.15) is 0 Å². The van der Waals surface area contributed by atoms with E-state index in [9.17, 15) is 14.4 Å². The van der Waals surface area contributed by atoms with Gasteiger partial charge in [-0.25, -0.2) is 0 Å². The molecular formula is C26H30N2O5. The van der Waals surface area contributed by atoms with Crippen LogP contribution < -0.4 is 14.8 Å². The van der Waals surface area contributed by atoms with Crippen LogP contribution in [0.3, 0.4) is 0 Å². The Labute approximate surface area is 194 Å². The molecule has 2 amide bonds. The third-order valence-electron chi connectivity index (χ3n) is 6.38. The Balaban J connectivity index is 1.35. The number of methoxy groups -OCH3 is 1. The molecule has 174 valence electrons. The summed E-state index contributed by atoms with van der Waals surface area (Å²) in [5.74, 6) is 0.631. The number of ketones is 1. The molecule has 1 unspecified atom stereocenters. The number of carbonyl (C=O) groups is 3. The molecule has 2 aromatic carbocycles. The Bertz CT molecular complexity index is 1090. The summed E-state index contributed by atoms with van der Waals surface area (Å²) in [6.07, 6.45) is 0.779. The fourth-order valence-electron chi connectivity index (χ4n) is 4.38. The number of hydrogen-bond donors (Lipinski definition) is 1. The van der Waals surface area contributed by atoms with Crippen molar-refractivity contribution in [3.05, 3.63) is 59.2 Å². The van der Waals surface area contributed by atoms with Crippen molar-refractivity contribution in [1.29, 1.82) is 0 Å². The molecule has 0 radical (unpaired) electrons. The first-order valence-electron chi connectivity index (χ1n) is 11.2. The Kier molecular flexibility index (Phi) is 5.91. The third kappa shape index (κ3) is 4.72. The van der Waals surface area contributed by atoms with Crippen LogP contribution >= 0.6 is 0 Å². The zero-order chi connectivity index (χ0) is 23.8. The lowest BCUT2D eigenvalue weighted by atomic mass is 9.87. The highest BCUT2D eigenvalue weighted by atomic mass is 16.5. The number of nitrogens with one attached hydrogen (secondary N) is 1. The van der Waals surface area contributed by atoms with Crippen molar-refractivity contribution in [3.8, 4) is 11.5 Å². The second-order valence-corrected chi connectivity index (χ2v) is 9.82. The molecule has 2 aliphatic heterocycles. The van der Waals surface area contributed by atoms with Crippen LogP contribution in [0.1, 0.15) is 59.9 Å². The Morgan fingerprint density at radius 3 is 2.55 bits per heavy atom. The maximum atomic E-state index is 12.8. The first-order chi connectivity index (χ1) is 15.6. The van der Waals surface area contributed by atoms with Gasteiger partial charge < -0.3 is 19.7 Å². The average Bonchev–Trinajstić information content (AvgIpc) is 3.19. The van der Waals surface area contributed by atoms with E-state index in [1.165, 1.54) is 0 Å². The number of amides is 2. The van der Waals surface area contributed by atoms with Crippen molar-refractivity contribution >= 4 is 17.6 Å². The molecule has 0 aromatic heterocycles. The van der Waals surface area contributed by atoms with E-state index in [2.05, 4.69) is 26.1 Å². The van der Waals surface area contributed by atoms with E-state index in [0.717, 1.165) is 5.56 Å². The summed E-state index contributed by atoms with van der Waals surface area (Å²) in [6, 6.07) is 12.6. The first-order valence-corrected chi connectivity index (χ1v) is 11.2. The number of Topliss-reactive ketones (excluding diaryl/α,β-unsaturated/α-hetero) is 1. The molecule has 4 rings (SSSR count). The van der Waals surface area contributed by atoms with Crippen molar-refractivity contribution in [2.24, 2.45) is 0 Å². The predicted molar refractivity (Wildman–Crippen MR) is 124 cm³/mol. The van der Waals surface area contributed by atoms with Gasteiger partial charge in [0, 0.05) is 18.5 Å². The summed E-state index contributed by atoms with van der Waals surface area (Å²) in [5, 5.41) is 2.71. The molecule has 1 fully saturated rings. The fraction of sp³-hybridized carbons (Fsp3) is 0.423. The number of nitrogens with zero attached hydrogens (tertiary/aromatic N) is 1. The van der Waals surface area contributed by atoms with E-state index >= 15 is 0 Å². The molecule has 0 saturated carbocycles. The monoisotopic (exact) mass is 450 g/mol. The van der Waals surface area contributed by atoms with Crippen molar-refractivity contribution in [2.45, 2.75) is 44.6 Å². The number of carbonyl (C=O) groups excluding carboxylic acids is 3. The number of likely N-dealkylation sites (tertiary alicyclic amines) is 1. The lowest BCUT2D eigenvalue weighted by Gasteiger charge is -2.34. The second-order valence-electron chi connectivity index (χ2n) is 9.82. The highest BCUT2D eigenvalue weighted by Crippen LogP contribution is 2.40. The highest BCUT2D eigenvalue weighted by Gasteiger charge is 2.47. The minimum absolute atomic E-state index is 0.00579. The summed E-state index contributed by atoms with van der Waals surface area (Å²) < 4.78 is 11.4. The number of ether oxygens (including phenoxy) is 2. The van der Waals surface area contributed by atoms with Crippen molar-refractivity contribution in [1.82, 2.24) is 10.2 Å². The van der Waals surface area contributed by atoms with E-state index in [1.54, 1.807) is 42.3 Å². The molecule has 1 N–H and O–H groups in total. The van der Waals surface area contributed by atoms with Gasteiger partial charge >= 0.3 is 0 Å². The first kappa shape index (κ1) is 22.8. The van der Waals surface area contributed by atoms with Crippen LogP contribution in [0.5, 0.6) is 11.5 Å². The number of hydrogen-bond acceptors (Lipinski definition) is 5. The molecule has 0 aliphatic carbocycles. The van der Waals surface area contributed by atoms with Crippen LogP contribution in [0, 0.1) is 0 Å². The smallest absolute Gasteiger partial charge is 0.251 e. The third-order valence-corrected chi connectivity index (χ3v) is 6.38. The van der Waals surface area contributed by atoms with Crippen molar-refractivity contribution in [2.75, 3.05) is 26.7 Å². The van der Waals surface area contributed by atoms with E-state index in [-0.39, 0.29) is 36.0 Å². The van der Waals surface area contributed by atoms with Crippen LogP contribution in [0.4, 0.5) is 0 Å². The van der Waals surface area contributed by atoms with Gasteiger partial charge in [-0.15, -0.1) is 0 Å². The van der Waals surface area contributed by atoms with Crippen LogP contribution in [0.15, 0.2) is 42.5 Å². The number of benzene rings is 2. The molecule has 2 aromatic rings. The summed E-state index contributed by atoms with van der Waals surface area (Å²) >= 11 is 0. The normalized spacial score (nSPS) is 19.8. The molecule has 1 spiro atoms. The SMILES string of the molecule is COc1ccc2c(c1)C(=O)CC1(CCN(C(=O)CNC(=O)c3ccc(C(C)(C)C)cc3)C1)O2. The van der Waals surface area contributed by atoms with E-state index in [0.29, 0.717) is 42.1 Å². The molecule has 7 nitrogen and oxygen atoms in total. The fourth-order valence-corrected chi connectivity index (χ4v) is 4.38. The zero-order valence-electron chi connectivity index (χ0n) is 19.6. The van der Waals surface area contributed by atoms with Crippen molar-refractivity contribution in [3.63, 3.8) is 0 Å². The molecular weight excluding hydrogens is 420 g/mol. The quantitative estimate of drug-likeness (QED) is 0.772. The maximum absolute atomic E-state index is 12.8. The average molecular weight is 451 g/mol. The predicted octanol–water partition coefficient (Wildman–Crippen LogP) is 3.36. The minimum atomic E-state index is -0.721. The molecule has 0 bridgehead atoms. The minimum Gasteiger partial charge on any atom is -0.497 e. The molecule has 33 heavy (non-hydrogen) atoms. The molecule has 1 atom stereocenters. The van der Waals surface area contributed by atoms with Crippen molar-refractivity contribution < 1.29 is 23.9 Å². The van der Waals surface area contributed by atoms with Gasteiger partial charge in [0.05, 0.1) is 32.2 Å². The summed E-state index contributed by atoms with van der Waals surface area (Å²) in [5.41, 5.74) is 1.45. The van der Waals surface area contributed by atoms with Gasteiger partial charge in [-0.05, 0) is 41.3 Å². The summed E-state index contributed by atoms with van der Waals surface area (Å²) in [6.45, 7) is 7.04. The van der Waals surface area contributed by atoms with Gasteiger partial charge in [0.15, 0.2) is 5.78 Å². The van der Waals surface area contributed by atoms with Crippen LogP contribution in [0.25, 0.3) is 0 Å². The Morgan fingerprint density at radius 2 is 1.88 bits per heavy atom. The summed E-state index contributed by atoms with van der Waals surface area (Å²) in [4.78, 5) is 39.7. The maximum Gasteiger partial charge on any atom is 0.251 e. The van der Waals surface area contributed by atoms with Crippen LogP contribution in [0.2, 0.25) is 0 Å². The lowest BCUT2D eigenvalue weighted by Crippen LogP contribution is -2.46. The van der Waals surface area contributed by atoms with Crippen LogP contribution in [-0.4, -0.2) is 54.8 Å². The van der Waals surface area contributed by atoms with Gasteiger partial charge in [0.1, 0.15) is 17.1 Å². The van der Waals surface area contributed by atoms with E-state index < -0.39 is 5.60 Å². The standard InChI is InChI=1S/C26H30N2O5/c1-25(2,3)18-7-5-17(6-8-18)24(31)27-15-23(30)28-12-11-26(16-28)14-21(29)20-13-19(32-4)9-10-22(20)33-26/h5-10,13H,11-12,14-16H2,1-4H3,(H,27,31). The Hall–Kier alpha value is -3.35. The number of rotatable bonds is 4. The van der Waals surface area contributed by atoms with Gasteiger partial charge in [-0.3, -0.25) is 14.4 Å². The Morgan fingerprint density at radius 1 is 1.15 bits per heavy atom. The highest BCUT2D eigenvalue weighted by molar-refractivity contribution is 6.01. The lowest BCUT2D eigenvalue weighted by molar-refractivity contribution is -0.129. The molecule has 2 heterocycles. The van der Waals surface area contributed by atoms with E-state index in [4.69, 9.17) is 9.47 Å². The van der Waals surface area contributed by atoms with E-state index in [1.807, 2.05) is 12.1 Å². The second kappa shape index (κ2) is 8.54. The van der Waals surface area contributed by atoms with Gasteiger partial charge in [-0.1, -0.05) is 32.9 Å². The topological polar surface area (TPSA) is 84.9 Å². The van der Waals surface area contributed by atoms with Gasteiger partial charge in [0.2, 0.25) is 5.91 Å². The zero-order valence-corrected chi connectivity index (χ0v) is 19.6.